The Morgan fingerprint density at radius 1 is 1.14 bits per heavy atom. The summed E-state index contributed by atoms with van der Waals surface area (Å²) < 4.78 is 5.41. The summed E-state index contributed by atoms with van der Waals surface area (Å²) in [5, 5.41) is 5.82. The summed E-state index contributed by atoms with van der Waals surface area (Å²) in [5.74, 6) is 1.86. The molecule has 1 aromatic carbocycles. The molecule has 3 unspecified atom stereocenters. The topological polar surface area (TPSA) is 87.7 Å². The minimum absolute atomic E-state index is 0.0510. The Labute approximate surface area is 210 Å². The average molecular weight is 484 g/mol. The summed E-state index contributed by atoms with van der Waals surface area (Å²) in [6.07, 6.45) is 8.43. The maximum absolute atomic E-state index is 14.0. The number of ether oxygens (including phenoxy) is 1. The highest BCUT2D eigenvalue weighted by atomic mass is 16.6. The first-order valence-corrected chi connectivity index (χ1v) is 12.6. The van der Waals surface area contributed by atoms with Crippen molar-refractivity contribution in [3.8, 4) is 12.3 Å². The van der Waals surface area contributed by atoms with Gasteiger partial charge in [-0.3, -0.25) is 9.59 Å². The molecule has 7 nitrogen and oxygen atoms in total. The molecule has 0 heterocycles. The number of carbonyl (C=O) groups excluding carboxylic acids is 3. The van der Waals surface area contributed by atoms with E-state index in [1.807, 2.05) is 32.9 Å². The van der Waals surface area contributed by atoms with Crippen molar-refractivity contribution in [2.24, 2.45) is 5.92 Å². The Kier molecular flexibility index (Phi) is 9.76. The quantitative estimate of drug-likeness (QED) is 0.478. The summed E-state index contributed by atoms with van der Waals surface area (Å²) in [6.45, 7) is 13.0. The second-order valence-electron chi connectivity index (χ2n) is 10.7. The lowest BCUT2D eigenvalue weighted by molar-refractivity contribution is -0.144. The van der Waals surface area contributed by atoms with Crippen molar-refractivity contribution in [2.75, 3.05) is 0 Å². The van der Waals surface area contributed by atoms with E-state index >= 15 is 0 Å². The van der Waals surface area contributed by atoms with Gasteiger partial charge in [0.1, 0.15) is 17.7 Å². The maximum atomic E-state index is 14.0. The average Bonchev–Trinajstić information content (AvgIpc) is 3.59. The summed E-state index contributed by atoms with van der Waals surface area (Å²) in [7, 11) is 0. The number of nitrogens with one attached hydrogen (secondary N) is 2. The van der Waals surface area contributed by atoms with Crippen LogP contribution in [0.25, 0.3) is 0 Å². The number of carbonyl (C=O) groups is 3. The zero-order valence-corrected chi connectivity index (χ0v) is 22.2. The van der Waals surface area contributed by atoms with Gasteiger partial charge in [-0.15, -0.1) is 6.42 Å². The summed E-state index contributed by atoms with van der Waals surface area (Å²) >= 11 is 0. The first-order chi connectivity index (χ1) is 16.4. The van der Waals surface area contributed by atoms with Crippen molar-refractivity contribution in [3.05, 3.63) is 35.4 Å². The maximum Gasteiger partial charge on any atom is 0.408 e. The van der Waals surface area contributed by atoms with E-state index in [9.17, 15) is 14.4 Å². The molecule has 0 saturated heterocycles. The Morgan fingerprint density at radius 2 is 1.77 bits per heavy atom. The van der Waals surface area contributed by atoms with Gasteiger partial charge in [0, 0.05) is 17.6 Å². The summed E-state index contributed by atoms with van der Waals surface area (Å²) in [6, 6.07) is 5.31. The summed E-state index contributed by atoms with van der Waals surface area (Å²) in [5.41, 5.74) is 0.473. The fourth-order valence-electron chi connectivity index (χ4n) is 4.09. The molecule has 2 rings (SSSR count). The van der Waals surface area contributed by atoms with Gasteiger partial charge >= 0.3 is 6.09 Å². The fraction of sp³-hybridized carbons (Fsp3) is 0.607. The molecule has 3 amide bonds. The van der Waals surface area contributed by atoms with E-state index in [0.717, 1.165) is 25.7 Å². The van der Waals surface area contributed by atoms with Crippen LogP contribution in [0.4, 0.5) is 4.79 Å². The standard InChI is InChI=1S/C28H41N3O4/c1-9-13-19(5)29-25(32)24(22-15-12-11-14-20(22)10-2)31(21-16-17-21)26(33)23(18(3)4)30-27(34)35-28(6,7)8/h2,11-12,14-15,18-19,21,23-24H,9,13,16-17H2,1,3-8H3,(H,29,32)(H,30,34). The summed E-state index contributed by atoms with van der Waals surface area (Å²) in [4.78, 5) is 41.9. The number of terminal acetylenes is 1. The second-order valence-corrected chi connectivity index (χ2v) is 10.7. The van der Waals surface area contributed by atoms with E-state index in [4.69, 9.17) is 11.2 Å². The van der Waals surface area contributed by atoms with Crippen LogP contribution in [0.15, 0.2) is 24.3 Å². The molecular weight excluding hydrogens is 442 g/mol. The minimum atomic E-state index is -0.900. The third kappa shape index (κ3) is 8.02. The number of alkyl carbamates (subject to hydrolysis) is 1. The monoisotopic (exact) mass is 483 g/mol. The molecule has 192 valence electrons. The van der Waals surface area contributed by atoms with Crippen LogP contribution in [0.5, 0.6) is 0 Å². The molecule has 1 fully saturated rings. The van der Waals surface area contributed by atoms with E-state index in [1.54, 1.807) is 37.8 Å². The zero-order chi connectivity index (χ0) is 26.3. The van der Waals surface area contributed by atoms with E-state index in [1.165, 1.54) is 0 Å². The number of hydrogen-bond acceptors (Lipinski definition) is 4. The molecule has 3 atom stereocenters. The minimum Gasteiger partial charge on any atom is -0.444 e. The number of nitrogens with zero attached hydrogens (tertiary/aromatic N) is 1. The SMILES string of the molecule is C#Cc1ccccc1C(C(=O)NC(C)CCC)N(C(=O)C(NC(=O)OC(C)(C)C)C(C)C)C1CC1. The Balaban J connectivity index is 2.49. The van der Waals surface area contributed by atoms with E-state index in [0.29, 0.717) is 11.1 Å². The predicted octanol–water partition coefficient (Wildman–Crippen LogP) is 4.55. The van der Waals surface area contributed by atoms with Crippen LogP contribution in [-0.2, 0) is 14.3 Å². The van der Waals surface area contributed by atoms with Crippen LogP contribution in [-0.4, -0.2) is 46.5 Å². The molecule has 0 radical (unpaired) electrons. The molecule has 1 aromatic rings. The van der Waals surface area contributed by atoms with Gasteiger partial charge in [-0.25, -0.2) is 4.79 Å². The first-order valence-electron chi connectivity index (χ1n) is 12.6. The van der Waals surface area contributed by atoms with Gasteiger partial charge in [-0.2, -0.15) is 0 Å². The highest BCUT2D eigenvalue weighted by Gasteiger charge is 2.45. The largest absolute Gasteiger partial charge is 0.444 e. The van der Waals surface area contributed by atoms with Gasteiger partial charge in [0.15, 0.2) is 0 Å². The number of hydrogen-bond donors (Lipinski definition) is 2. The Morgan fingerprint density at radius 3 is 2.29 bits per heavy atom. The van der Waals surface area contributed by atoms with Crippen LogP contribution >= 0.6 is 0 Å². The molecular formula is C28H41N3O4. The van der Waals surface area contributed by atoms with Gasteiger partial charge in [-0.05, 0) is 64.5 Å². The molecule has 7 heteroatoms. The molecule has 1 saturated carbocycles. The number of benzene rings is 1. The lowest BCUT2D eigenvalue weighted by Gasteiger charge is -2.36. The van der Waals surface area contributed by atoms with Gasteiger partial charge in [0.2, 0.25) is 11.8 Å². The Hall–Kier alpha value is -3.01. The van der Waals surface area contributed by atoms with Crippen molar-refractivity contribution < 1.29 is 19.1 Å². The van der Waals surface area contributed by atoms with Gasteiger partial charge in [-0.1, -0.05) is 51.3 Å². The third-order valence-electron chi connectivity index (χ3n) is 5.85. The third-order valence-corrected chi connectivity index (χ3v) is 5.85. The molecule has 0 spiro atoms. The van der Waals surface area contributed by atoms with Crippen molar-refractivity contribution in [1.82, 2.24) is 15.5 Å². The molecule has 1 aliphatic carbocycles. The molecule has 0 aliphatic heterocycles. The molecule has 2 N–H and O–H groups in total. The molecule has 35 heavy (non-hydrogen) atoms. The highest BCUT2D eigenvalue weighted by Crippen LogP contribution is 2.37. The lowest BCUT2D eigenvalue weighted by atomic mass is 9.95. The van der Waals surface area contributed by atoms with E-state index in [-0.39, 0.29) is 29.8 Å². The predicted molar refractivity (Wildman–Crippen MR) is 137 cm³/mol. The van der Waals surface area contributed by atoms with Crippen molar-refractivity contribution in [3.63, 3.8) is 0 Å². The van der Waals surface area contributed by atoms with Crippen LogP contribution in [0.3, 0.4) is 0 Å². The smallest absolute Gasteiger partial charge is 0.408 e. The molecule has 0 bridgehead atoms. The van der Waals surface area contributed by atoms with Gasteiger partial charge in [0.25, 0.3) is 0 Å². The van der Waals surface area contributed by atoms with Crippen LogP contribution < -0.4 is 10.6 Å². The lowest BCUT2D eigenvalue weighted by Crippen LogP contribution is -2.56. The normalized spacial score (nSPS) is 16.0. The van der Waals surface area contributed by atoms with Gasteiger partial charge in [0.05, 0.1) is 0 Å². The molecule has 0 aromatic heterocycles. The van der Waals surface area contributed by atoms with E-state index in [2.05, 4.69) is 23.5 Å². The fourth-order valence-corrected chi connectivity index (χ4v) is 4.09. The van der Waals surface area contributed by atoms with Crippen LogP contribution in [0, 0.1) is 18.3 Å². The van der Waals surface area contributed by atoms with Crippen molar-refractivity contribution >= 4 is 17.9 Å². The van der Waals surface area contributed by atoms with Crippen molar-refractivity contribution in [2.45, 2.75) is 104 Å². The number of rotatable bonds is 10. The van der Waals surface area contributed by atoms with E-state index < -0.39 is 23.8 Å². The number of amides is 3. The molecule has 1 aliphatic rings. The van der Waals surface area contributed by atoms with Crippen molar-refractivity contribution in [1.29, 1.82) is 0 Å². The second kappa shape index (κ2) is 12.1. The Bertz CT molecular complexity index is 940. The highest BCUT2D eigenvalue weighted by molar-refractivity contribution is 5.93. The van der Waals surface area contributed by atoms with Crippen LogP contribution in [0.2, 0.25) is 0 Å². The van der Waals surface area contributed by atoms with Gasteiger partial charge < -0.3 is 20.3 Å². The van der Waals surface area contributed by atoms with Crippen LogP contribution in [0.1, 0.15) is 91.3 Å². The zero-order valence-electron chi connectivity index (χ0n) is 22.2. The first kappa shape index (κ1) is 28.2.